The van der Waals surface area contributed by atoms with E-state index in [4.69, 9.17) is 0 Å². The van der Waals surface area contributed by atoms with Crippen molar-refractivity contribution in [2.24, 2.45) is 0 Å². The van der Waals surface area contributed by atoms with Crippen LogP contribution in [0.15, 0.2) is 0 Å². The lowest BCUT2D eigenvalue weighted by Gasteiger charge is -2.37. The number of hydrogen-bond acceptors (Lipinski definition) is 4. The molecule has 2 fully saturated rings. The highest BCUT2D eigenvalue weighted by molar-refractivity contribution is 7.86. The van der Waals surface area contributed by atoms with E-state index in [0.717, 1.165) is 25.7 Å². The Balaban J connectivity index is 1.80. The highest BCUT2D eigenvalue weighted by Crippen LogP contribution is 2.17. The number of carbonyl (C=O) groups is 1. The first-order valence-corrected chi connectivity index (χ1v) is 10.1. The number of piperazine rings is 1. The van der Waals surface area contributed by atoms with Crippen LogP contribution < -0.4 is 5.32 Å². The fraction of sp³-hybridized carbons (Fsp3) is 0.933. The summed E-state index contributed by atoms with van der Waals surface area (Å²) < 4.78 is 28.4. The first-order chi connectivity index (χ1) is 10.9. The molecule has 0 aliphatic carbocycles. The van der Waals surface area contributed by atoms with Gasteiger partial charge in [0.2, 0.25) is 5.91 Å². The smallest absolute Gasteiger partial charge is 0.282 e. The quantitative estimate of drug-likeness (QED) is 0.748. The van der Waals surface area contributed by atoms with E-state index >= 15 is 0 Å². The molecule has 2 saturated heterocycles. The highest BCUT2D eigenvalue weighted by Gasteiger charge is 2.33. The summed E-state index contributed by atoms with van der Waals surface area (Å²) >= 11 is 0. The van der Waals surface area contributed by atoms with Gasteiger partial charge in [-0.2, -0.15) is 17.0 Å². The summed E-state index contributed by atoms with van der Waals surface area (Å²) in [5.74, 6) is 0.0201. The molecule has 1 amide bonds. The van der Waals surface area contributed by atoms with Crippen molar-refractivity contribution in [3.8, 4) is 0 Å². The molecule has 2 rings (SSSR count). The van der Waals surface area contributed by atoms with E-state index in [0.29, 0.717) is 45.8 Å². The largest absolute Gasteiger partial charge is 0.353 e. The van der Waals surface area contributed by atoms with Crippen molar-refractivity contribution < 1.29 is 13.2 Å². The van der Waals surface area contributed by atoms with Crippen LogP contribution in [-0.4, -0.2) is 79.7 Å². The summed E-state index contributed by atoms with van der Waals surface area (Å²) in [6, 6.07) is 0.184. The van der Waals surface area contributed by atoms with Gasteiger partial charge in [0.15, 0.2) is 0 Å². The number of nitrogens with zero attached hydrogens (tertiary/aromatic N) is 3. The molecule has 0 aromatic heterocycles. The van der Waals surface area contributed by atoms with Crippen molar-refractivity contribution in [1.82, 2.24) is 18.8 Å². The van der Waals surface area contributed by atoms with Gasteiger partial charge in [0.05, 0.1) is 6.54 Å². The zero-order chi connectivity index (χ0) is 16.9. The van der Waals surface area contributed by atoms with Gasteiger partial charge in [-0.15, -0.1) is 0 Å². The molecule has 7 nitrogen and oxygen atoms in total. The highest BCUT2D eigenvalue weighted by atomic mass is 32.2. The third kappa shape index (κ3) is 5.14. The number of nitrogens with one attached hydrogen (secondary N) is 1. The second-order valence-electron chi connectivity index (χ2n) is 6.52. The molecule has 2 aliphatic heterocycles. The molecule has 0 saturated carbocycles. The Morgan fingerprint density at radius 1 is 1.00 bits per heavy atom. The fourth-order valence-electron chi connectivity index (χ4n) is 3.00. The molecule has 134 valence electrons. The van der Waals surface area contributed by atoms with Crippen LogP contribution >= 0.6 is 0 Å². The third-order valence-electron chi connectivity index (χ3n) is 4.69. The van der Waals surface area contributed by atoms with E-state index < -0.39 is 10.2 Å². The van der Waals surface area contributed by atoms with Gasteiger partial charge in [-0.25, -0.2) is 0 Å². The average Bonchev–Trinajstić information content (AvgIpc) is 2.56. The number of hydrogen-bond donors (Lipinski definition) is 1. The molecule has 0 spiro atoms. The van der Waals surface area contributed by atoms with E-state index in [2.05, 4.69) is 5.32 Å². The molecular weight excluding hydrogens is 316 g/mol. The molecule has 1 atom stereocenters. The molecule has 8 heteroatoms. The number of rotatable bonds is 6. The maximum absolute atomic E-state index is 12.6. The van der Waals surface area contributed by atoms with Crippen LogP contribution in [-0.2, 0) is 15.0 Å². The zero-order valence-electron chi connectivity index (χ0n) is 14.3. The molecule has 0 aromatic rings. The lowest BCUT2D eigenvalue weighted by molar-refractivity contribution is -0.123. The zero-order valence-corrected chi connectivity index (χ0v) is 15.1. The Bertz CT molecular complexity index is 483. The van der Waals surface area contributed by atoms with Crippen molar-refractivity contribution in [3.63, 3.8) is 0 Å². The maximum Gasteiger partial charge on any atom is 0.282 e. The van der Waals surface area contributed by atoms with Crippen LogP contribution in [0.25, 0.3) is 0 Å². The minimum Gasteiger partial charge on any atom is -0.353 e. The number of piperidine rings is 1. The molecule has 1 N–H and O–H groups in total. The van der Waals surface area contributed by atoms with Crippen LogP contribution in [0.3, 0.4) is 0 Å². The topological polar surface area (TPSA) is 73.0 Å². The normalized spacial score (nSPS) is 23.6. The molecule has 1 unspecified atom stereocenters. The molecule has 0 bridgehead atoms. The van der Waals surface area contributed by atoms with Gasteiger partial charge >= 0.3 is 0 Å². The predicted octanol–water partition coefficient (Wildman–Crippen LogP) is 0.249. The summed E-state index contributed by atoms with van der Waals surface area (Å²) in [6.45, 7) is 7.81. The number of amides is 1. The van der Waals surface area contributed by atoms with Crippen LogP contribution in [0.2, 0.25) is 0 Å². The number of carbonyl (C=O) groups excluding carboxylic acids is 1. The van der Waals surface area contributed by atoms with Gasteiger partial charge in [-0.1, -0.05) is 13.3 Å². The Hall–Kier alpha value is -0.700. The van der Waals surface area contributed by atoms with Gasteiger partial charge in [0, 0.05) is 45.3 Å². The van der Waals surface area contributed by atoms with E-state index in [-0.39, 0.29) is 11.9 Å². The SMILES string of the molecule is CCC(C)NC(=O)CN1CCN(S(=O)(=O)N2CCCCC2)CC1. The molecule has 2 aliphatic rings. The van der Waals surface area contributed by atoms with Gasteiger partial charge in [0.25, 0.3) is 10.2 Å². The minimum atomic E-state index is -3.32. The van der Waals surface area contributed by atoms with Crippen molar-refractivity contribution in [3.05, 3.63) is 0 Å². The van der Waals surface area contributed by atoms with Gasteiger partial charge in [-0.05, 0) is 26.2 Å². The van der Waals surface area contributed by atoms with E-state index in [1.807, 2.05) is 18.7 Å². The predicted molar refractivity (Wildman–Crippen MR) is 90.3 cm³/mol. The lowest BCUT2D eigenvalue weighted by atomic mass is 10.2. The Kier molecular flexibility index (Phi) is 6.82. The first kappa shape index (κ1) is 18.6. The van der Waals surface area contributed by atoms with Crippen molar-refractivity contribution in [2.45, 2.75) is 45.6 Å². The fourth-order valence-corrected chi connectivity index (χ4v) is 4.67. The third-order valence-corrected chi connectivity index (χ3v) is 6.72. The van der Waals surface area contributed by atoms with Crippen molar-refractivity contribution in [1.29, 1.82) is 0 Å². The van der Waals surface area contributed by atoms with Gasteiger partial charge < -0.3 is 5.32 Å². The standard InChI is InChI=1S/C15H30N4O3S/c1-3-14(2)16-15(20)13-17-9-11-19(12-10-17)23(21,22)18-7-5-4-6-8-18/h14H,3-13H2,1-2H3,(H,16,20). The molecule has 2 heterocycles. The lowest BCUT2D eigenvalue weighted by Crippen LogP contribution is -2.55. The second-order valence-corrected chi connectivity index (χ2v) is 8.45. The second kappa shape index (κ2) is 8.41. The van der Waals surface area contributed by atoms with Gasteiger partial charge in [-0.3, -0.25) is 9.69 Å². The molecule has 0 aromatic carbocycles. The summed E-state index contributed by atoms with van der Waals surface area (Å²) in [6.07, 6.45) is 3.93. The van der Waals surface area contributed by atoms with Crippen molar-refractivity contribution >= 4 is 16.1 Å². The summed E-state index contributed by atoms with van der Waals surface area (Å²) in [5, 5.41) is 2.95. The Morgan fingerprint density at radius 2 is 1.57 bits per heavy atom. The Labute approximate surface area is 140 Å². The van der Waals surface area contributed by atoms with Crippen LogP contribution in [0, 0.1) is 0 Å². The average molecular weight is 346 g/mol. The van der Waals surface area contributed by atoms with Crippen LogP contribution in [0.1, 0.15) is 39.5 Å². The maximum atomic E-state index is 12.6. The summed E-state index contributed by atoms with van der Waals surface area (Å²) in [7, 11) is -3.32. The van der Waals surface area contributed by atoms with Crippen LogP contribution in [0.5, 0.6) is 0 Å². The van der Waals surface area contributed by atoms with Crippen molar-refractivity contribution in [2.75, 3.05) is 45.8 Å². The van der Waals surface area contributed by atoms with Gasteiger partial charge in [0.1, 0.15) is 0 Å². The van der Waals surface area contributed by atoms with E-state index in [1.54, 1.807) is 8.61 Å². The van der Waals surface area contributed by atoms with E-state index in [9.17, 15) is 13.2 Å². The molecule has 0 radical (unpaired) electrons. The first-order valence-electron chi connectivity index (χ1n) is 8.70. The minimum absolute atomic E-state index is 0.0201. The summed E-state index contributed by atoms with van der Waals surface area (Å²) in [5.41, 5.74) is 0. The van der Waals surface area contributed by atoms with E-state index in [1.165, 1.54) is 0 Å². The molecular formula is C15H30N4O3S. The molecule has 23 heavy (non-hydrogen) atoms. The summed E-state index contributed by atoms with van der Waals surface area (Å²) in [4.78, 5) is 13.9. The van der Waals surface area contributed by atoms with Crippen LogP contribution in [0.4, 0.5) is 0 Å². The Morgan fingerprint density at radius 3 is 2.13 bits per heavy atom. The monoisotopic (exact) mass is 346 g/mol.